The van der Waals surface area contributed by atoms with Crippen molar-refractivity contribution in [1.29, 1.82) is 0 Å². The van der Waals surface area contributed by atoms with Crippen molar-refractivity contribution < 1.29 is 41.0 Å². The lowest BCUT2D eigenvalue weighted by Crippen LogP contribution is -2.23. The van der Waals surface area contributed by atoms with E-state index in [-0.39, 0.29) is 12.4 Å². The third kappa shape index (κ3) is 3.09. The van der Waals surface area contributed by atoms with Crippen LogP contribution in [-0.4, -0.2) is 17.4 Å². The van der Waals surface area contributed by atoms with E-state index < -0.39 is 40.9 Å². The first-order chi connectivity index (χ1) is 9.00. The normalized spacial score (nSPS) is 13.9. The van der Waals surface area contributed by atoms with Crippen molar-refractivity contribution in [2.24, 2.45) is 0 Å². The molecule has 0 spiro atoms. The van der Waals surface area contributed by atoms with Crippen LogP contribution in [0.15, 0.2) is 18.2 Å². The Morgan fingerprint density at radius 2 is 1.65 bits per heavy atom. The Bertz CT molecular complexity index is 532. The van der Waals surface area contributed by atoms with Crippen molar-refractivity contribution in [3.8, 4) is 0 Å². The van der Waals surface area contributed by atoms with Gasteiger partial charge in [0.1, 0.15) is 12.2 Å². The Morgan fingerprint density at radius 1 is 1.10 bits per heavy atom. The van der Waals surface area contributed by atoms with Gasteiger partial charge in [-0.15, -0.1) is 0 Å². The average Bonchev–Trinajstić information content (AvgIpc) is 2.26. The Balaban J connectivity index is 3.70. The third-order valence-electron chi connectivity index (χ3n) is 2.42. The fourth-order valence-electron chi connectivity index (χ4n) is 1.65. The highest BCUT2D eigenvalue weighted by atomic mass is 19.4. The number of rotatable bonds is 3. The zero-order valence-corrected chi connectivity index (χ0v) is 9.42. The second kappa shape index (κ2) is 5.14. The summed E-state index contributed by atoms with van der Waals surface area (Å²) in [6.07, 6.45) is -11.1. The van der Waals surface area contributed by atoms with Crippen LogP contribution in [0.25, 0.3) is 0 Å². The molecule has 110 valence electrons. The number of carboxylic acids is 1. The van der Waals surface area contributed by atoms with Gasteiger partial charge in [0.05, 0.1) is 11.1 Å². The van der Waals surface area contributed by atoms with Crippen molar-refractivity contribution >= 4 is 12.3 Å². The van der Waals surface area contributed by atoms with Gasteiger partial charge in [0.25, 0.3) is 0 Å². The third-order valence-corrected chi connectivity index (χ3v) is 2.42. The highest BCUT2D eigenvalue weighted by Gasteiger charge is 2.46. The molecule has 1 aromatic rings. The minimum absolute atomic E-state index is 0.177. The molecule has 3 nitrogen and oxygen atoms in total. The van der Waals surface area contributed by atoms with Crippen LogP contribution in [0.1, 0.15) is 22.6 Å². The maximum atomic E-state index is 12.8. The van der Waals surface area contributed by atoms with E-state index >= 15 is 0 Å². The van der Waals surface area contributed by atoms with Crippen LogP contribution in [0.5, 0.6) is 0 Å². The summed E-state index contributed by atoms with van der Waals surface area (Å²) in [4.78, 5) is 21.2. The molecule has 1 N–H and O–H groups in total. The molecule has 0 aliphatic rings. The molecule has 1 unspecified atom stereocenters. The zero-order chi connectivity index (χ0) is 15.7. The van der Waals surface area contributed by atoms with E-state index in [1.165, 1.54) is 0 Å². The lowest BCUT2D eigenvalue weighted by atomic mass is 9.91. The van der Waals surface area contributed by atoms with Crippen LogP contribution in [0.2, 0.25) is 0 Å². The van der Waals surface area contributed by atoms with Crippen LogP contribution in [0.3, 0.4) is 0 Å². The molecule has 1 rings (SSSR count). The number of hydrogen-bond donors (Lipinski definition) is 1. The largest absolute Gasteiger partial charge is 0.480 e. The minimum atomic E-state index is -5.45. The van der Waals surface area contributed by atoms with Gasteiger partial charge in [-0.05, 0) is 11.6 Å². The van der Waals surface area contributed by atoms with Crippen molar-refractivity contribution in [2.45, 2.75) is 18.3 Å². The van der Waals surface area contributed by atoms with E-state index in [0.717, 1.165) is 0 Å². The highest BCUT2D eigenvalue weighted by molar-refractivity contribution is 5.93. The zero-order valence-electron chi connectivity index (χ0n) is 9.42. The molecule has 0 radical (unpaired) electrons. The van der Waals surface area contributed by atoms with Crippen LogP contribution in [0.4, 0.5) is 26.3 Å². The number of carbonyl (C=O) groups excluding carboxylic acids is 1. The van der Waals surface area contributed by atoms with Crippen molar-refractivity contribution in [3.05, 3.63) is 34.9 Å². The Hall–Kier alpha value is -2.06. The molecule has 0 heterocycles. The van der Waals surface area contributed by atoms with E-state index in [2.05, 4.69) is 0 Å². The molecule has 1 aromatic carbocycles. The summed E-state index contributed by atoms with van der Waals surface area (Å²) < 4.78 is 76.1. The Morgan fingerprint density at radius 3 is 2.00 bits per heavy atom. The molecule has 0 aliphatic heterocycles. The van der Waals surface area contributed by atoms with Crippen molar-refractivity contribution in [2.75, 3.05) is 0 Å². The monoisotopic (exact) mass is 300 g/mol. The lowest BCUT2D eigenvalue weighted by Gasteiger charge is -2.20. The first kappa shape index (κ1) is 16.0. The molecule has 0 bridgehead atoms. The summed E-state index contributed by atoms with van der Waals surface area (Å²) in [6.45, 7) is 0. The molecular formula is C11H6F6O3. The Labute approximate surface area is 107 Å². The standard InChI is InChI=1S/C11H6F6O3/c12-10(13,14)7-3-1-2-5(6(4-18)9(19)20)8(7)11(15,16)17/h1-4,6H,(H,19,20). The summed E-state index contributed by atoms with van der Waals surface area (Å²) in [5, 5.41) is 8.63. The minimum Gasteiger partial charge on any atom is -0.480 e. The average molecular weight is 300 g/mol. The van der Waals surface area contributed by atoms with E-state index in [9.17, 15) is 35.9 Å². The molecule has 0 saturated carbocycles. The summed E-state index contributed by atoms with van der Waals surface area (Å²) in [5.74, 6) is -4.29. The van der Waals surface area contributed by atoms with Gasteiger partial charge >= 0.3 is 18.3 Å². The summed E-state index contributed by atoms with van der Waals surface area (Å²) in [5.41, 5.74) is -5.43. The summed E-state index contributed by atoms with van der Waals surface area (Å²) in [6, 6.07) is 1.33. The second-order valence-electron chi connectivity index (χ2n) is 3.72. The lowest BCUT2D eigenvalue weighted by molar-refractivity contribution is -0.163. The number of aldehydes is 1. The number of carboxylic acid groups (broad SMARTS) is 1. The van der Waals surface area contributed by atoms with Crippen molar-refractivity contribution in [3.63, 3.8) is 0 Å². The summed E-state index contributed by atoms with van der Waals surface area (Å²) >= 11 is 0. The van der Waals surface area contributed by atoms with Gasteiger partial charge in [-0.1, -0.05) is 12.1 Å². The van der Waals surface area contributed by atoms with Crippen LogP contribution >= 0.6 is 0 Å². The molecule has 1 atom stereocenters. The SMILES string of the molecule is O=CC(C(=O)O)c1cccc(C(F)(F)F)c1C(F)(F)F. The van der Waals surface area contributed by atoms with Gasteiger partial charge in [-0.2, -0.15) is 26.3 Å². The maximum absolute atomic E-state index is 12.8. The fourth-order valence-corrected chi connectivity index (χ4v) is 1.65. The number of halogens is 6. The van der Waals surface area contributed by atoms with Gasteiger partial charge in [-0.25, -0.2) is 0 Å². The quantitative estimate of drug-likeness (QED) is 0.530. The molecule has 0 fully saturated rings. The van der Waals surface area contributed by atoms with Crippen molar-refractivity contribution in [1.82, 2.24) is 0 Å². The second-order valence-corrected chi connectivity index (χ2v) is 3.72. The first-order valence-electron chi connectivity index (χ1n) is 4.95. The first-order valence-corrected chi connectivity index (χ1v) is 4.95. The predicted molar refractivity (Wildman–Crippen MR) is 52.9 cm³/mol. The van der Waals surface area contributed by atoms with E-state index in [1.807, 2.05) is 0 Å². The van der Waals surface area contributed by atoms with Gasteiger partial charge in [0, 0.05) is 0 Å². The van der Waals surface area contributed by atoms with Gasteiger partial charge in [-0.3, -0.25) is 4.79 Å². The molecule has 0 amide bonds. The number of benzene rings is 1. The molecule has 20 heavy (non-hydrogen) atoms. The summed E-state index contributed by atoms with van der Waals surface area (Å²) in [7, 11) is 0. The predicted octanol–water partition coefficient (Wildman–Crippen LogP) is 3.09. The van der Waals surface area contributed by atoms with Crippen LogP contribution in [0, 0.1) is 0 Å². The van der Waals surface area contributed by atoms with Crippen LogP contribution < -0.4 is 0 Å². The van der Waals surface area contributed by atoms with Gasteiger partial charge in [0.15, 0.2) is 0 Å². The number of alkyl halides is 6. The number of carbonyl (C=O) groups is 2. The maximum Gasteiger partial charge on any atom is 0.417 e. The number of hydrogen-bond acceptors (Lipinski definition) is 2. The highest BCUT2D eigenvalue weighted by Crippen LogP contribution is 2.43. The molecule has 0 saturated heterocycles. The molecule has 0 aromatic heterocycles. The molecule has 9 heteroatoms. The van der Waals surface area contributed by atoms with Gasteiger partial charge < -0.3 is 9.90 Å². The van der Waals surface area contributed by atoms with E-state index in [4.69, 9.17) is 5.11 Å². The van der Waals surface area contributed by atoms with E-state index in [1.54, 1.807) is 0 Å². The number of aliphatic carboxylic acids is 1. The fraction of sp³-hybridized carbons (Fsp3) is 0.273. The van der Waals surface area contributed by atoms with Crippen LogP contribution in [-0.2, 0) is 21.9 Å². The smallest absolute Gasteiger partial charge is 0.417 e. The van der Waals surface area contributed by atoms with Gasteiger partial charge in [0.2, 0.25) is 0 Å². The van der Waals surface area contributed by atoms with E-state index in [0.29, 0.717) is 12.1 Å². The molecule has 0 aliphatic carbocycles. The topological polar surface area (TPSA) is 54.4 Å². The molecular weight excluding hydrogens is 294 g/mol. The Kier molecular flexibility index (Phi) is 4.11.